The maximum atomic E-state index is 12.6. The monoisotopic (exact) mass is 468 g/mol. The molecular formula is C19H21BrN2O5S. The molecule has 1 aromatic carbocycles. The second-order valence-corrected chi connectivity index (χ2v) is 9.60. The molecule has 1 unspecified atom stereocenters. The summed E-state index contributed by atoms with van der Waals surface area (Å²) in [7, 11) is -3.27. The minimum atomic E-state index is -3.27. The van der Waals surface area contributed by atoms with Crippen LogP contribution in [0.15, 0.2) is 44.6 Å². The molecule has 1 aliphatic rings. The number of carbonyl (C=O) groups is 1. The van der Waals surface area contributed by atoms with Gasteiger partial charge in [-0.1, -0.05) is 12.1 Å². The van der Waals surface area contributed by atoms with Crippen molar-refractivity contribution in [3.05, 3.63) is 62.0 Å². The molecule has 2 aromatic rings. The van der Waals surface area contributed by atoms with Gasteiger partial charge in [-0.3, -0.25) is 9.59 Å². The number of carbonyl (C=O) groups excluding carboxylic acids is 1. The third-order valence-electron chi connectivity index (χ3n) is 4.77. The van der Waals surface area contributed by atoms with Crippen molar-refractivity contribution < 1.29 is 17.9 Å². The number of hydrogen-bond acceptors (Lipinski definition) is 5. The van der Waals surface area contributed by atoms with E-state index in [1.165, 1.54) is 12.1 Å². The molecule has 1 N–H and O–H groups in total. The molecule has 7 nitrogen and oxygen atoms in total. The van der Waals surface area contributed by atoms with Crippen molar-refractivity contribution in [2.24, 2.45) is 0 Å². The summed E-state index contributed by atoms with van der Waals surface area (Å²) in [5.74, 6) is -0.481. The molecule has 0 saturated carbocycles. The Bertz CT molecular complexity index is 1050. The molecule has 1 saturated heterocycles. The lowest BCUT2D eigenvalue weighted by atomic mass is 10.1. The maximum Gasteiger partial charge on any atom is 0.257 e. The van der Waals surface area contributed by atoms with Crippen molar-refractivity contribution in [2.75, 3.05) is 19.5 Å². The molecule has 1 aromatic heterocycles. The van der Waals surface area contributed by atoms with Gasteiger partial charge in [0, 0.05) is 31.3 Å². The van der Waals surface area contributed by atoms with Crippen LogP contribution < -0.4 is 10.7 Å². The SMILES string of the molecule is Cc1c(Br)c(=O)c(C(=O)NCc2ccc(S(C)(=O)=O)cc2)cn1C1CCOC1. The fourth-order valence-electron chi connectivity index (χ4n) is 3.10. The average Bonchev–Trinajstić information content (AvgIpc) is 3.18. The Balaban J connectivity index is 1.79. The van der Waals surface area contributed by atoms with Crippen molar-refractivity contribution >= 4 is 31.7 Å². The Morgan fingerprint density at radius 2 is 2.00 bits per heavy atom. The predicted octanol–water partition coefficient (Wildman–Crippen LogP) is 2.21. The highest BCUT2D eigenvalue weighted by Gasteiger charge is 2.23. The number of nitrogens with zero attached hydrogens (tertiary/aromatic N) is 1. The van der Waals surface area contributed by atoms with E-state index in [9.17, 15) is 18.0 Å². The number of nitrogens with one attached hydrogen (secondary N) is 1. The van der Waals surface area contributed by atoms with E-state index in [4.69, 9.17) is 4.74 Å². The van der Waals surface area contributed by atoms with Gasteiger partial charge >= 0.3 is 0 Å². The van der Waals surface area contributed by atoms with Crippen molar-refractivity contribution in [3.8, 4) is 0 Å². The number of ether oxygens (including phenoxy) is 1. The minimum absolute atomic E-state index is 0.0529. The fourth-order valence-corrected chi connectivity index (χ4v) is 4.15. The van der Waals surface area contributed by atoms with E-state index in [0.717, 1.165) is 23.9 Å². The average molecular weight is 469 g/mol. The molecule has 0 aliphatic carbocycles. The van der Waals surface area contributed by atoms with Crippen LogP contribution in [0.5, 0.6) is 0 Å². The molecule has 0 spiro atoms. The van der Waals surface area contributed by atoms with Gasteiger partial charge in [0.05, 0.1) is 22.0 Å². The van der Waals surface area contributed by atoms with E-state index < -0.39 is 15.7 Å². The van der Waals surface area contributed by atoms with Gasteiger partial charge in [-0.15, -0.1) is 0 Å². The normalized spacial score (nSPS) is 16.9. The van der Waals surface area contributed by atoms with Crippen LogP contribution in [-0.4, -0.2) is 38.4 Å². The highest BCUT2D eigenvalue weighted by molar-refractivity contribution is 9.10. The van der Waals surface area contributed by atoms with Crippen molar-refractivity contribution in [1.82, 2.24) is 9.88 Å². The van der Waals surface area contributed by atoms with Crippen molar-refractivity contribution in [3.63, 3.8) is 0 Å². The van der Waals surface area contributed by atoms with Crippen LogP contribution in [0, 0.1) is 6.92 Å². The van der Waals surface area contributed by atoms with E-state index in [1.807, 2.05) is 11.5 Å². The summed E-state index contributed by atoms with van der Waals surface area (Å²) >= 11 is 3.31. The smallest absolute Gasteiger partial charge is 0.257 e. The van der Waals surface area contributed by atoms with Crippen LogP contribution in [-0.2, 0) is 21.1 Å². The van der Waals surface area contributed by atoms with Crippen molar-refractivity contribution in [2.45, 2.75) is 30.8 Å². The highest BCUT2D eigenvalue weighted by Crippen LogP contribution is 2.23. The number of aromatic nitrogens is 1. The zero-order chi connectivity index (χ0) is 20.5. The van der Waals surface area contributed by atoms with Crippen molar-refractivity contribution in [1.29, 1.82) is 0 Å². The van der Waals surface area contributed by atoms with E-state index in [1.54, 1.807) is 18.3 Å². The molecule has 3 rings (SSSR count). The largest absolute Gasteiger partial charge is 0.379 e. The third kappa shape index (κ3) is 4.37. The van der Waals surface area contributed by atoms with E-state index in [0.29, 0.717) is 17.7 Å². The Labute approximate surface area is 171 Å². The lowest BCUT2D eigenvalue weighted by molar-refractivity contribution is 0.0948. The van der Waals surface area contributed by atoms with Gasteiger partial charge < -0.3 is 14.6 Å². The molecule has 2 heterocycles. The summed E-state index contributed by atoms with van der Waals surface area (Å²) in [5.41, 5.74) is 1.18. The number of amides is 1. The second-order valence-electron chi connectivity index (χ2n) is 6.79. The maximum absolute atomic E-state index is 12.6. The zero-order valence-corrected chi connectivity index (χ0v) is 18.0. The summed E-state index contributed by atoms with van der Waals surface area (Å²) < 4.78 is 30.7. The van der Waals surface area contributed by atoms with Gasteiger partial charge in [-0.25, -0.2) is 8.42 Å². The summed E-state index contributed by atoms with van der Waals surface area (Å²) in [6.07, 6.45) is 3.55. The van der Waals surface area contributed by atoms with E-state index >= 15 is 0 Å². The van der Waals surface area contributed by atoms with Crippen LogP contribution in [0.3, 0.4) is 0 Å². The number of pyridine rings is 1. The third-order valence-corrected chi connectivity index (χ3v) is 6.83. The Hall–Kier alpha value is -1.97. The van der Waals surface area contributed by atoms with Gasteiger partial charge in [0.25, 0.3) is 5.91 Å². The van der Waals surface area contributed by atoms with E-state index in [2.05, 4.69) is 21.2 Å². The first-order chi connectivity index (χ1) is 13.2. The topological polar surface area (TPSA) is 94.5 Å². The number of sulfone groups is 1. The van der Waals surface area contributed by atoms with Gasteiger partial charge in [0.2, 0.25) is 5.43 Å². The zero-order valence-electron chi connectivity index (χ0n) is 15.6. The number of benzene rings is 1. The molecule has 150 valence electrons. The molecule has 0 bridgehead atoms. The highest BCUT2D eigenvalue weighted by atomic mass is 79.9. The standard InChI is InChI=1S/C19H21BrN2O5S/c1-12-17(20)18(23)16(10-22(12)14-7-8-27-11-14)19(24)21-9-13-3-5-15(6-4-13)28(2,25)26/h3-6,10,14H,7-9,11H2,1-2H3,(H,21,24). The first-order valence-electron chi connectivity index (χ1n) is 8.74. The molecule has 0 radical (unpaired) electrons. The summed E-state index contributed by atoms with van der Waals surface area (Å²) in [5, 5.41) is 2.72. The van der Waals surface area contributed by atoms with Crippen LogP contribution in [0.4, 0.5) is 0 Å². The predicted molar refractivity (Wildman–Crippen MR) is 108 cm³/mol. The number of halogens is 1. The van der Waals surface area contributed by atoms with Gasteiger partial charge in [-0.05, 0) is 47.0 Å². The Kier molecular flexibility index (Phi) is 6.07. The van der Waals surface area contributed by atoms with E-state index in [-0.39, 0.29) is 28.5 Å². The van der Waals surface area contributed by atoms with Crippen LogP contribution in [0.1, 0.15) is 34.1 Å². The van der Waals surface area contributed by atoms with Crippen LogP contribution in [0.2, 0.25) is 0 Å². The summed E-state index contributed by atoms with van der Waals surface area (Å²) in [4.78, 5) is 25.4. The molecule has 1 atom stereocenters. The Morgan fingerprint density at radius 3 is 2.57 bits per heavy atom. The fraction of sp³-hybridized carbons (Fsp3) is 0.368. The first-order valence-corrected chi connectivity index (χ1v) is 11.4. The molecule has 1 amide bonds. The molecule has 1 aliphatic heterocycles. The minimum Gasteiger partial charge on any atom is -0.379 e. The Morgan fingerprint density at radius 1 is 1.32 bits per heavy atom. The summed E-state index contributed by atoms with van der Waals surface area (Å²) in [6.45, 7) is 3.21. The van der Waals surface area contributed by atoms with Crippen LogP contribution in [0.25, 0.3) is 0 Å². The molecule has 1 fully saturated rings. The number of rotatable bonds is 5. The molecule has 28 heavy (non-hydrogen) atoms. The number of hydrogen-bond donors (Lipinski definition) is 1. The van der Waals surface area contributed by atoms with Gasteiger partial charge in [0.1, 0.15) is 5.56 Å². The quantitative estimate of drug-likeness (QED) is 0.725. The first kappa shape index (κ1) is 20.8. The summed E-state index contributed by atoms with van der Waals surface area (Å²) in [6, 6.07) is 6.34. The van der Waals surface area contributed by atoms with Crippen LogP contribution >= 0.6 is 15.9 Å². The van der Waals surface area contributed by atoms with Gasteiger partial charge in [0.15, 0.2) is 9.84 Å². The molecule has 9 heteroatoms. The lowest BCUT2D eigenvalue weighted by Crippen LogP contribution is -2.31. The lowest BCUT2D eigenvalue weighted by Gasteiger charge is -2.19. The van der Waals surface area contributed by atoms with Gasteiger partial charge in [-0.2, -0.15) is 0 Å². The molecular weight excluding hydrogens is 448 g/mol. The second kappa shape index (κ2) is 8.18.